The average Bonchev–Trinajstić information content (AvgIpc) is 4.02. The van der Waals surface area contributed by atoms with Crippen molar-refractivity contribution in [1.29, 1.82) is 0 Å². The summed E-state index contributed by atoms with van der Waals surface area (Å²) >= 11 is 0. The summed E-state index contributed by atoms with van der Waals surface area (Å²) < 4.78 is 17.6. The minimum atomic E-state index is 0.635. The third kappa shape index (κ3) is 6.46. The van der Waals surface area contributed by atoms with Crippen molar-refractivity contribution in [2.45, 2.75) is 6.54 Å². The Labute approximate surface area is 403 Å². The molecular formula is C60H40N8O2. The van der Waals surface area contributed by atoms with Crippen molar-refractivity contribution in [2.75, 3.05) is 9.80 Å². The van der Waals surface area contributed by atoms with E-state index in [2.05, 4.69) is 175 Å². The highest BCUT2D eigenvalue weighted by atomic mass is 16.5. The van der Waals surface area contributed by atoms with Gasteiger partial charge in [0.15, 0.2) is 23.0 Å². The molecule has 0 spiro atoms. The van der Waals surface area contributed by atoms with Crippen LogP contribution in [-0.2, 0) is 6.54 Å². The van der Waals surface area contributed by atoms with E-state index in [1.807, 2.05) is 73.1 Å². The van der Waals surface area contributed by atoms with Crippen LogP contribution in [0.25, 0.3) is 62.4 Å². The number of ether oxygens (including phenoxy) is 2. The first kappa shape index (κ1) is 39.5. The standard InChI is InChI=1S/C60H40N8O2/c1-3-15-43(16-4-1)67-53-37-61-29-27-47(53)63-59(67)41-31-39(33-45(35-41)65-49-19-7-11-23-55(49)69-56-24-12-8-20-50(56)65)40-32-42(60-64-48-28-30-62-38-54(48)68(60)44-17-5-2-6-18-44)36-46(34-40)66-51-21-9-13-25-57(51)70-58-26-14-10-22-52(58)66/h1-37,62H,38H2. The number of hydrogen-bond donors (Lipinski definition) is 1. The van der Waals surface area contributed by atoms with Crippen molar-refractivity contribution >= 4 is 51.2 Å². The normalized spacial score (nSPS) is 13.0. The summed E-state index contributed by atoms with van der Waals surface area (Å²) in [5.74, 6) is 4.69. The summed E-state index contributed by atoms with van der Waals surface area (Å²) in [6, 6.07) is 69.3. The minimum Gasteiger partial charge on any atom is -0.453 e. The zero-order valence-electron chi connectivity index (χ0n) is 37.5. The van der Waals surface area contributed by atoms with Gasteiger partial charge in [-0.05, 0) is 139 Å². The topological polar surface area (TPSA) is 85.5 Å². The maximum atomic E-state index is 6.57. The van der Waals surface area contributed by atoms with Gasteiger partial charge in [-0.3, -0.25) is 14.1 Å². The molecule has 0 atom stereocenters. The molecule has 70 heavy (non-hydrogen) atoms. The molecule has 332 valence electrons. The van der Waals surface area contributed by atoms with Crippen LogP contribution >= 0.6 is 0 Å². The van der Waals surface area contributed by atoms with Crippen molar-refractivity contribution in [3.05, 3.63) is 230 Å². The molecule has 1 N–H and O–H groups in total. The average molecular weight is 905 g/mol. The first-order chi connectivity index (χ1) is 34.7. The SMILES string of the molecule is C1=Cc2nc(-c3cc(-c4cc(-c5nc6ccncc6n5-c5ccccc5)cc(N5c6ccccc6Oc6ccccc65)c4)cc(N4c5ccccc5Oc5ccccc54)c3)n(-c3ccccc3)c2CN1. The van der Waals surface area contributed by atoms with Gasteiger partial charge in [-0.1, -0.05) is 84.9 Å². The van der Waals surface area contributed by atoms with Gasteiger partial charge in [0.1, 0.15) is 11.6 Å². The van der Waals surface area contributed by atoms with E-state index >= 15 is 0 Å². The Kier molecular flexibility index (Phi) is 9.03. The number of hydrogen-bond acceptors (Lipinski definition) is 8. The Balaban J connectivity index is 1.07. The van der Waals surface area contributed by atoms with Crippen molar-refractivity contribution < 1.29 is 9.47 Å². The van der Waals surface area contributed by atoms with Crippen LogP contribution in [0.5, 0.6) is 23.0 Å². The fraction of sp³-hybridized carbons (Fsp3) is 0.0167. The molecule has 3 aliphatic heterocycles. The molecule has 0 aliphatic carbocycles. The van der Waals surface area contributed by atoms with E-state index in [-0.39, 0.29) is 0 Å². The second-order valence-corrected chi connectivity index (χ2v) is 17.4. The lowest BCUT2D eigenvalue weighted by atomic mass is 9.96. The highest BCUT2D eigenvalue weighted by Crippen LogP contribution is 2.54. The fourth-order valence-corrected chi connectivity index (χ4v) is 10.1. The molecule has 10 nitrogen and oxygen atoms in total. The molecule has 0 saturated carbocycles. The summed E-state index contributed by atoms with van der Waals surface area (Å²) in [7, 11) is 0. The fourth-order valence-electron chi connectivity index (χ4n) is 10.1. The number of rotatable bonds is 7. The van der Waals surface area contributed by atoms with E-state index in [0.717, 1.165) is 125 Å². The zero-order chi connectivity index (χ0) is 46.1. The number of anilines is 6. The van der Waals surface area contributed by atoms with Gasteiger partial charge < -0.3 is 24.6 Å². The van der Waals surface area contributed by atoms with E-state index in [9.17, 15) is 0 Å². The number of nitrogens with zero attached hydrogens (tertiary/aromatic N) is 7. The summed E-state index contributed by atoms with van der Waals surface area (Å²) in [4.78, 5) is 20.0. The largest absolute Gasteiger partial charge is 0.453 e. The number of fused-ring (bicyclic) bond motifs is 6. The summed E-state index contributed by atoms with van der Waals surface area (Å²) in [5.41, 5.74) is 15.2. The van der Waals surface area contributed by atoms with E-state index in [0.29, 0.717) is 6.54 Å². The van der Waals surface area contributed by atoms with Crippen LogP contribution in [0.15, 0.2) is 219 Å². The summed E-state index contributed by atoms with van der Waals surface area (Å²) in [5, 5.41) is 3.45. The third-order valence-electron chi connectivity index (χ3n) is 13.2. The summed E-state index contributed by atoms with van der Waals surface area (Å²) in [6.07, 6.45) is 7.73. The van der Waals surface area contributed by atoms with Crippen LogP contribution in [0.4, 0.5) is 34.1 Å². The van der Waals surface area contributed by atoms with Crippen LogP contribution in [0, 0.1) is 0 Å². The Morgan fingerprint density at radius 3 is 1.41 bits per heavy atom. The molecule has 0 saturated heterocycles. The van der Waals surface area contributed by atoms with Crippen LogP contribution in [0.3, 0.4) is 0 Å². The van der Waals surface area contributed by atoms with E-state index in [1.54, 1.807) is 6.20 Å². The lowest BCUT2D eigenvalue weighted by Crippen LogP contribution is -2.16. The Morgan fingerprint density at radius 1 is 0.429 bits per heavy atom. The van der Waals surface area contributed by atoms with Crippen molar-refractivity contribution in [3.63, 3.8) is 0 Å². The second kappa shape index (κ2) is 16.0. The molecule has 0 radical (unpaired) electrons. The first-order valence-corrected chi connectivity index (χ1v) is 23.3. The summed E-state index contributed by atoms with van der Waals surface area (Å²) in [6.45, 7) is 0.635. The number of benzene rings is 8. The third-order valence-corrected chi connectivity index (χ3v) is 13.2. The Bertz CT molecular complexity index is 3790. The second-order valence-electron chi connectivity index (χ2n) is 17.4. The van der Waals surface area contributed by atoms with Gasteiger partial charge in [0.25, 0.3) is 0 Å². The van der Waals surface area contributed by atoms with E-state index in [4.69, 9.17) is 19.4 Å². The van der Waals surface area contributed by atoms with Crippen LogP contribution in [0.2, 0.25) is 0 Å². The Hall–Kier alpha value is -9.67. The molecule has 0 unspecified atom stereocenters. The Morgan fingerprint density at radius 2 is 0.886 bits per heavy atom. The van der Waals surface area contributed by atoms with Gasteiger partial charge in [0.2, 0.25) is 0 Å². The van der Waals surface area contributed by atoms with Crippen LogP contribution in [-0.4, -0.2) is 24.1 Å². The van der Waals surface area contributed by atoms with Gasteiger partial charge in [-0.25, -0.2) is 9.97 Å². The molecule has 11 aromatic rings. The predicted molar refractivity (Wildman–Crippen MR) is 278 cm³/mol. The zero-order valence-corrected chi connectivity index (χ0v) is 37.5. The van der Waals surface area contributed by atoms with Crippen molar-refractivity contribution in [2.24, 2.45) is 0 Å². The van der Waals surface area contributed by atoms with Crippen LogP contribution in [0.1, 0.15) is 11.4 Å². The first-order valence-electron chi connectivity index (χ1n) is 23.3. The van der Waals surface area contributed by atoms with Gasteiger partial charge in [-0.15, -0.1) is 0 Å². The molecule has 3 aromatic heterocycles. The van der Waals surface area contributed by atoms with Gasteiger partial charge in [-0.2, -0.15) is 0 Å². The molecule has 10 heteroatoms. The lowest BCUT2D eigenvalue weighted by Gasteiger charge is -2.34. The smallest absolute Gasteiger partial charge is 0.151 e. The van der Waals surface area contributed by atoms with Gasteiger partial charge >= 0.3 is 0 Å². The number of imidazole rings is 2. The number of nitrogens with one attached hydrogen (secondary N) is 1. The predicted octanol–water partition coefficient (Wildman–Crippen LogP) is 14.8. The van der Waals surface area contributed by atoms with E-state index in [1.165, 1.54) is 0 Å². The molecule has 0 fully saturated rings. The molecule has 0 bridgehead atoms. The quantitative estimate of drug-likeness (QED) is 0.169. The molecule has 8 aromatic carbocycles. The molecule has 6 heterocycles. The number of pyridine rings is 1. The van der Waals surface area contributed by atoms with E-state index < -0.39 is 0 Å². The molecular weight excluding hydrogens is 865 g/mol. The highest BCUT2D eigenvalue weighted by molar-refractivity contribution is 5.94. The van der Waals surface area contributed by atoms with Crippen molar-refractivity contribution in [1.82, 2.24) is 29.4 Å². The molecule has 14 rings (SSSR count). The maximum absolute atomic E-state index is 6.57. The highest BCUT2D eigenvalue weighted by Gasteiger charge is 2.30. The van der Waals surface area contributed by atoms with Crippen molar-refractivity contribution in [3.8, 4) is 68.3 Å². The maximum Gasteiger partial charge on any atom is 0.151 e. The molecule has 3 aliphatic rings. The lowest BCUT2D eigenvalue weighted by molar-refractivity contribution is 0.476. The number of para-hydroxylation sites is 10. The van der Waals surface area contributed by atoms with Gasteiger partial charge in [0, 0.05) is 40.1 Å². The number of aromatic nitrogens is 5. The van der Waals surface area contributed by atoms with Crippen LogP contribution < -0.4 is 24.6 Å². The monoisotopic (exact) mass is 904 g/mol. The van der Waals surface area contributed by atoms with Gasteiger partial charge in [0.05, 0.1) is 57.9 Å². The molecule has 0 amide bonds. The minimum absolute atomic E-state index is 0.635.